The lowest BCUT2D eigenvalue weighted by molar-refractivity contribution is -0.142. The van der Waals surface area contributed by atoms with Gasteiger partial charge in [-0.05, 0) is 43.9 Å². The third kappa shape index (κ3) is 4.35. The van der Waals surface area contributed by atoms with Gasteiger partial charge in [-0.15, -0.1) is 0 Å². The van der Waals surface area contributed by atoms with Crippen LogP contribution in [0.4, 0.5) is 17.3 Å². The van der Waals surface area contributed by atoms with E-state index in [-0.39, 0.29) is 12.0 Å². The van der Waals surface area contributed by atoms with Crippen LogP contribution in [-0.2, 0) is 4.79 Å². The third-order valence-corrected chi connectivity index (χ3v) is 4.43. The van der Waals surface area contributed by atoms with Crippen molar-refractivity contribution >= 4 is 34.9 Å². The van der Waals surface area contributed by atoms with Crippen molar-refractivity contribution in [3.63, 3.8) is 0 Å². The summed E-state index contributed by atoms with van der Waals surface area (Å²) in [6.07, 6.45) is 4.56. The van der Waals surface area contributed by atoms with Crippen molar-refractivity contribution in [2.45, 2.75) is 31.7 Å². The first-order valence-corrected chi connectivity index (χ1v) is 8.32. The Hall–Kier alpha value is -2.34. The first-order valence-electron chi connectivity index (χ1n) is 7.94. The molecule has 1 heterocycles. The Balaban J connectivity index is 1.60. The van der Waals surface area contributed by atoms with Crippen LogP contribution in [0.1, 0.15) is 25.7 Å². The van der Waals surface area contributed by atoms with Crippen LogP contribution in [0.25, 0.3) is 0 Å². The van der Waals surface area contributed by atoms with Crippen molar-refractivity contribution in [2.24, 2.45) is 5.92 Å². The van der Waals surface area contributed by atoms with Crippen molar-refractivity contribution in [1.82, 2.24) is 9.97 Å². The van der Waals surface area contributed by atoms with E-state index in [2.05, 4.69) is 20.6 Å². The van der Waals surface area contributed by atoms with Crippen LogP contribution in [0.5, 0.6) is 0 Å². The van der Waals surface area contributed by atoms with Crippen LogP contribution < -0.4 is 10.6 Å². The maximum absolute atomic E-state index is 11.0. The second kappa shape index (κ2) is 7.49. The van der Waals surface area contributed by atoms with Gasteiger partial charge in [0, 0.05) is 22.8 Å². The number of benzene rings is 1. The zero-order chi connectivity index (χ0) is 16.9. The molecule has 0 unspecified atom stereocenters. The lowest BCUT2D eigenvalue weighted by Gasteiger charge is -2.27. The molecule has 1 fully saturated rings. The fraction of sp³-hybridized carbons (Fsp3) is 0.353. The Labute approximate surface area is 145 Å². The van der Waals surface area contributed by atoms with Crippen molar-refractivity contribution in [1.29, 1.82) is 0 Å². The average molecular weight is 347 g/mol. The minimum absolute atomic E-state index is 0.214. The van der Waals surface area contributed by atoms with Crippen molar-refractivity contribution in [3.05, 3.63) is 41.7 Å². The van der Waals surface area contributed by atoms with E-state index in [1.807, 2.05) is 30.3 Å². The number of carboxylic acid groups (broad SMARTS) is 1. The summed E-state index contributed by atoms with van der Waals surface area (Å²) in [6.45, 7) is 0. The second-order valence-corrected chi connectivity index (χ2v) is 6.39. The number of aromatic nitrogens is 2. The number of carbonyl (C=O) groups is 1. The van der Waals surface area contributed by atoms with Gasteiger partial charge in [0.15, 0.2) is 0 Å². The number of aliphatic carboxylic acids is 1. The molecule has 1 aromatic heterocycles. The number of nitrogens with zero attached hydrogens (tertiary/aromatic N) is 2. The van der Waals surface area contributed by atoms with Gasteiger partial charge < -0.3 is 15.7 Å². The number of hydrogen-bond donors (Lipinski definition) is 3. The highest BCUT2D eigenvalue weighted by molar-refractivity contribution is 6.30. The molecule has 0 atom stereocenters. The lowest BCUT2D eigenvalue weighted by Crippen LogP contribution is -2.29. The molecule has 24 heavy (non-hydrogen) atoms. The Kier molecular flexibility index (Phi) is 5.15. The molecule has 0 spiro atoms. The Bertz CT molecular complexity index is 717. The number of carboxylic acids is 1. The molecule has 1 aliphatic carbocycles. The Morgan fingerprint density at radius 2 is 1.88 bits per heavy atom. The van der Waals surface area contributed by atoms with Crippen molar-refractivity contribution in [3.8, 4) is 0 Å². The van der Waals surface area contributed by atoms with Gasteiger partial charge in [-0.25, -0.2) is 9.97 Å². The molecular weight excluding hydrogens is 328 g/mol. The Morgan fingerprint density at radius 1 is 1.12 bits per heavy atom. The molecule has 0 radical (unpaired) electrons. The molecule has 6 nitrogen and oxygen atoms in total. The molecule has 1 saturated carbocycles. The first kappa shape index (κ1) is 16.5. The van der Waals surface area contributed by atoms with E-state index in [0.29, 0.717) is 23.7 Å². The van der Waals surface area contributed by atoms with E-state index >= 15 is 0 Å². The topological polar surface area (TPSA) is 87.1 Å². The molecule has 7 heteroatoms. The van der Waals surface area contributed by atoms with Gasteiger partial charge in [-0.1, -0.05) is 17.7 Å². The molecule has 2 aromatic rings. The highest BCUT2D eigenvalue weighted by atomic mass is 35.5. The Morgan fingerprint density at radius 3 is 2.58 bits per heavy atom. The molecule has 1 aromatic carbocycles. The maximum Gasteiger partial charge on any atom is 0.306 e. The predicted molar refractivity (Wildman–Crippen MR) is 93.8 cm³/mol. The summed E-state index contributed by atoms with van der Waals surface area (Å²) in [7, 11) is 0. The molecule has 3 N–H and O–H groups in total. The molecule has 3 rings (SSSR count). The molecule has 0 aliphatic heterocycles. The fourth-order valence-corrected chi connectivity index (χ4v) is 3.10. The largest absolute Gasteiger partial charge is 0.481 e. The minimum Gasteiger partial charge on any atom is -0.481 e. The zero-order valence-electron chi connectivity index (χ0n) is 13.1. The summed E-state index contributed by atoms with van der Waals surface area (Å²) >= 11 is 5.98. The molecule has 0 saturated heterocycles. The number of hydrogen-bond acceptors (Lipinski definition) is 5. The van der Waals surface area contributed by atoms with Gasteiger partial charge in [0.2, 0.25) is 0 Å². The smallest absolute Gasteiger partial charge is 0.306 e. The van der Waals surface area contributed by atoms with Gasteiger partial charge in [0.05, 0.1) is 5.92 Å². The summed E-state index contributed by atoms with van der Waals surface area (Å²) < 4.78 is 0. The lowest BCUT2D eigenvalue weighted by atomic mass is 9.86. The van der Waals surface area contributed by atoms with E-state index in [9.17, 15) is 4.79 Å². The van der Waals surface area contributed by atoms with Gasteiger partial charge in [0.1, 0.15) is 18.0 Å². The standard InChI is InChI=1S/C17H19ClN4O2/c18-12-2-1-3-14(8-12)22-16-9-15(19-10-20-16)21-13-6-4-11(5-7-13)17(23)24/h1-3,8-11,13H,4-7H2,(H,23,24)(H2,19,20,21,22). The number of anilines is 3. The second-order valence-electron chi connectivity index (χ2n) is 5.95. The molecule has 1 aliphatic rings. The highest BCUT2D eigenvalue weighted by Crippen LogP contribution is 2.27. The van der Waals surface area contributed by atoms with Crippen LogP contribution >= 0.6 is 11.6 Å². The first-order chi connectivity index (χ1) is 11.6. The van der Waals surface area contributed by atoms with Crippen LogP contribution in [0.3, 0.4) is 0 Å². The zero-order valence-corrected chi connectivity index (χ0v) is 13.8. The SMILES string of the molecule is O=C(O)C1CCC(Nc2cc(Nc3cccc(Cl)c3)ncn2)CC1. The quantitative estimate of drug-likeness (QED) is 0.760. The van der Waals surface area contributed by atoms with E-state index in [4.69, 9.17) is 16.7 Å². The van der Waals surface area contributed by atoms with Crippen LogP contribution in [0.2, 0.25) is 5.02 Å². The van der Waals surface area contributed by atoms with Gasteiger partial charge in [0.25, 0.3) is 0 Å². The van der Waals surface area contributed by atoms with Gasteiger partial charge >= 0.3 is 5.97 Å². The van der Waals surface area contributed by atoms with Gasteiger partial charge in [-0.3, -0.25) is 4.79 Å². The van der Waals surface area contributed by atoms with E-state index < -0.39 is 5.97 Å². The van der Waals surface area contributed by atoms with E-state index in [0.717, 1.165) is 24.3 Å². The van der Waals surface area contributed by atoms with Crippen molar-refractivity contribution < 1.29 is 9.90 Å². The molecular formula is C17H19ClN4O2. The summed E-state index contributed by atoms with van der Waals surface area (Å²) in [4.78, 5) is 19.5. The summed E-state index contributed by atoms with van der Waals surface area (Å²) in [5, 5.41) is 16.3. The molecule has 0 bridgehead atoms. The third-order valence-electron chi connectivity index (χ3n) is 4.19. The summed E-state index contributed by atoms with van der Waals surface area (Å²) in [5.41, 5.74) is 0.856. The van der Waals surface area contributed by atoms with E-state index in [1.54, 1.807) is 0 Å². The van der Waals surface area contributed by atoms with Crippen LogP contribution in [0.15, 0.2) is 36.7 Å². The average Bonchev–Trinajstić information content (AvgIpc) is 2.56. The van der Waals surface area contributed by atoms with Crippen LogP contribution in [-0.4, -0.2) is 27.1 Å². The highest BCUT2D eigenvalue weighted by Gasteiger charge is 2.25. The monoisotopic (exact) mass is 346 g/mol. The van der Waals surface area contributed by atoms with Crippen LogP contribution in [0, 0.1) is 5.92 Å². The summed E-state index contributed by atoms with van der Waals surface area (Å²) in [5.74, 6) is 0.499. The molecule has 0 amide bonds. The van der Waals surface area contributed by atoms with Crippen molar-refractivity contribution in [2.75, 3.05) is 10.6 Å². The predicted octanol–water partition coefficient (Wildman–Crippen LogP) is 3.93. The summed E-state index contributed by atoms with van der Waals surface area (Å²) in [6, 6.07) is 9.50. The number of rotatable bonds is 5. The fourth-order valence-electron chi connectivity index (χ4n) is 2.91. The minimum atomic E-state index is -0.691. The van der Waals surface area contributed by atoms with E-state index in [1.165, 1.54) is 6.33 Å². The molecule has 126 valence electrons. The van der Waals surface area contributed by atoms with Gasteiger partial charge in [-0.2, -0.15) is 0 Å². The number of halogens is 1. The maximum atomic E-state index is 11.0. The normalized spacial score (nSPS) is 20.4. The number of nitrogens with one attached hydrogen (secondary N) is 2.